The van der Waals surface area contributed by atoms with E-state index in [0.717, 1.165) is 0 Å². The van der Waals surface area contributed by atoms with Gasteiger partial charge in [-0.1, -0.05) is 0 Å². The molecule has 0 bridgehead atoms. The number of rotatable bonds is 0. The van der Waals surface area contributed by atoms with E-state index in [1.54, 1.807) is 0 Å². The van der Waals surface area contributed by atoms with Crippen molar-refractivity contribution in [3.63, 3.8) is 0 Å². The molecule has 0 aliphatic rings. The lowest BCUT2D eigenvalue weighted by molar-refractivity contribution is 0.290. The van der Waals surface area contributed by atoms with Gasteiger partial charge in [0.05, 0.1) is 0 Å². The van der Waals surface area contributed by atoms with Gasteiger partial charge in [-0.05, 0) is 31.9 Å². The maximum atomic E-state index is 8.24. The Morgan fingerprint density at radius 1 is 1.60 bits per heavy atom. The van der Waals surface area contributed by atoms with Crippen molar-refractivity contribution < 1.29 is 5.11 Å². The number of halogens is 2. The second-order valence-corrected chi connectivity index (χ2v) is 4.35. The summed E-state index contributed by atoms with van der Waals surface area (Å²) >= 11 is 5.47. The number of hydrogen-bond acceptors (Lipinski definition) is 1. The van der Waals surface area contributed by atoms with Crippen molar-refractivity contribution in [2.75, 3.05) is 0 Å². The van der Waals surface area contributed by atoms with E-state index < -0.39 is 3.42 Å². The summed E-state index contributed by atoms with van der Waals surface area (Å²) in [5, 5.41) is 8.24. The van der Waals surface area contributed by atoms with Crippen LogP contribution in [-0.2, 0) is 0 Å². The zero-order valence-electron chi connectivity index (χ0n) is 2.41. The minimum absolute atomic E-state index is 1.12. The van der Waals surface area contributed by atoms with Crippen molar-refractivity contribution in [2.45, 2.75) is 3.42 Å². The SMILES string of the molecule is [CH2]C(O)(Br)Br. The Kier molecular flexibility index (Phi) is 1.87. The van der Waals surface area contributed by atoms with E-state index in [1.807, 2.05) is 0 Å². The molecule has 0 atom stereocenters. The maximum Gasteiger partial charge on any atom is 0.175 e. The van der Waals surface area contributed by atoms with Gasteiger partial charge in [-0.25, -0.2) is 0 Å². The third-order valence-corrected chi connectivity index (χ3v) is 0. The molecule has 0 amide bonds. The summed E-state index contributed by atoms with van der Waals surface area (Å²) in [6.45, 7) is 3.16. The lowest BCUT2D eigenvalue weighted by atomic mass is 10.9. The molecule has 0 aromatic carbocycles. The molecule has 5 heavy (non-hydrogen) atoms. The van der Waals surface area contributed by atoms with E-state index in [1.165, 1.54) is 0 Å². The second-order valence-electron chi connectivity index (χ2n) is 0.666. The molecule has 0 saturated heterocycles. The first kappa shape index (κ1) is 5.92. The third-order valence-electron chi connectivity index (χ3n) is 0. The van der Waals surface area contributed by atoms with Gasteiger partial charge in [-0.3, -0.25) is 0 Å². The van der Waals surface area contributed by atoms with Gasteiger partial charge in [0.1, 0.15) is 0 Å². The fraction of sp³-hybridized carbons (Fsp3) is 0.500. The van der Waals surface area contributed by atoms with Gasteiger partial charge in [0.15, 0.2) is 3.42 Å². The normalized spacial score (nSPS) is 12.0. The van der Waals surface area contributed by atoms with E-state index in [9.17, 15) is 0 Å². The zero-order valence-corrected chi connectivity index (χ0v) is 5.58. The maximum absolute atomic E-state index is 8.24. The topological polar surface area (TPSA) is 20.2 Å². The molecule has 0 aromatic rings. The molecule has 0 aliphatic carbocycles. The number of alkyl halides is 2. The molecular formula is C2H3Br2O. The van der Waals surface area contributed by atoms with Crippen molar-refractivity contribution in [2.24, 2.45) is 0 Å². The Labute approximate surface area is 47.6 Å². The van der Waals surface area contributed by atoms with E-state index in [-0.39, 0.29) is 0 Å². The average molecular weight is 203 g/mol. The minimum Gasteiger partial charge on any atom is -0.369 e. The Morgan fingerprint density at radius 2 is 1.60 bits per heavy atom. The predicted molar refractivity (Wildman–Crippen MR) is 28.2 cm³/mol. The van der Waals surface area contributed by atoms with Gasteiger partial charge < -0.3 is 5.11 Å². The van der Waals surface area contributed by atoms with Crippen LogP contribution in [0.2, 0.25) is 0 Å². The molecule has 0 fully saturated rings. The summed E-state index contributed by atoms with van der Waals surface area (Å²) in [7, 11) is 0. The highest BCUT2D eigenvalue weighted by Crippen LogP contribution is 2.18. The molecule has 0 saturated carbocycles. The molecule has 0 aliphatic heterocycles. The molecule has 0 rings (SSSR count). The molecule has 1 nitrogen and oxygen atoms in total. The van der Waals surface area contributed by atoms with Crippen LogP contribution in [0.15, 0.2) is 0 Å². The van der Waals surface area contributed by atoms with Gasteiger partial charge in [0, 0.05) is 6.92 Å². The van der Waals surface area contributed by atoms with Crippen LogP contribution in [0.4, 0.5) is 0 Å². The Hall–Kier alpha value is 0.920. The lowest BCUT2D eigenvalue weighted by Crippen LogP contribution is -1.98. The molecule has 3 heteroatoms. The van der Waals surface area contributed by atoms with Gasteiger partial charge >= 0.3 is 0 Å². The van der Waals surface area contributed by atoms with Crippen LogP contribution in [0.5, 0.6) is 0 Å². The highest BCUT2D eigenvalue weighted by molar-refractivity contribution is 9.25. The molecule has 0 unspecified atom stereocenters. The van der Waals surface area contributed by atoms with Gasteiger partial charge in [0.2, 0.25) is 0 Å². The average Bonchev–Trinajstić information content (AvgIpc) is 0.722. The molecule has 0 heterocycles. The summed E-state index contributed by atoms with van der Waals surface area (Å²) in [4.78, 5) is 0. The standard InChI is InChI=1S/C2H3Br2O/c1-2(3,4)5/h5H,1H2. The predicted octanol–water partition coefficient (Wildman–Crippen LogP) is 1.26. The third kappa shape index (κ3) is 49.6. The van der Waals surface area contributed by atoms with Crippen LogP contribution in [0, 0.1) is 6.92 Å². The fourth-order valence-corrected chi connectivity index (χ4v) is 0. The van der Waals surface area contributed by atoms with Gasteiger partial charge in [-0.2, -0.15) is 0 Å². The van der Waals surface area contributed by atoms with Crippen molar-refractivity contribution >= 4 is 31.9 Å². The van der Waals surface area contributed by atoms with Crippen LogP contribution >= 0.6 is 31.9 Å². The quantitative estimate of drug-likeness (QED) is 0.587. The van der Waals surface area contributed by atoms with Crippen LogP contribution in [0.3, 0.4) is 0 Å². The van der Waals surface area contributed by atoms with Crippen molar-refractivity contribution in [1.82, 2.24) is 0 Å². The van der Waals surface area contributed by atoms with Crippen molar-refractivity contribution in [1.29, 1.82) is 0 Å². The largest absolute Gasteiger partial charge is 0.369 e. The first-order chi connectivity index (χ1) is 2.00. The van der Waals surface area contributed by atoms with E-state index >= 15 is 0 Å². The molecule has 1 radical (unpaired) electrons. The zero-order chi connectivity index (χ0) is 4.50. The van der Waals surface area contributed by atoms with E-state index in [0.29, 0.717) is 0 Å². The summed E-state index contributed by atoms with van der Waals surface area (Å²) in [6, 6.07) is 0. The first-order valence-electron chi connectivity index (χ1n) is 0.955. The fourth-order valence-electron chi connectivity index (χ4n) is 0. The lowest BCUT2D eigenvalue weighted by Gasteiger charge is -1.98. The van der Waals surface area contributed by atoms with Gasteiger partial charge in [0.25, 0.3) is 0 Å². The Balaban J connectivity index is 3.02. The highest BCUT2D eigenvalue weighted by atomic mass is 79.9. The van der Waals surface area contributed by atoms with E-state index in [2.05, 4.69) is 38.8 Å². The molecule has 31 valence electrons. The summed E-state index contributed by atoms with van der Waals surface area (Å²) in [5.41, 5.74) is 0. The number of hydrogen-bond donors (Lipinski definition) is 1. The second kappa shape index (κ2) is 1.58. The summed E-state index contributed by atoms with van der Waals surface area (Å²) < 4.78 is -1.12. The summed E-state index contributed by atoms with van der Waals surface area (Å²) in [5.74, 6) is 0. The molecular weight excluding hydrogens is 200 g/mol. The van der Waals surface area contributed by atoms with E-state index in [4.69, 9.17) is 5.11 Å². The molecule has 0 spiro atoms. The Morgan fingerprint density at radius 3 is 1.60 bits per heavy atom. The minimum atomic E-state index is -1.12. The smallest absolute Gasteiger partial charge is 0.175 e. The monoisotopic (exact) mass is 201 g/mol. The summed E-state index contributed by atoms with van der Waals surface area (Å²) in [6.07, 6.45) is 0. The highest BCUT2D eigenvalue weighted by Gasteiger charge is 2.04. The number of aliphatic hydroxyl groups is 1. The van der Waals surface area contributed by atoms with Crippen molar-refractivity contribution in [3.05, 3.63) is 6.92 Å². The molecule has 0 aromatic heterocycles. The van der Waals surface area contributed by atoms with Crippen molar-refractivity contribution in [3.8, 4) is 0 Å². The molecule has 1 N–H and O–H groups in total. The Bertz CT molecular complexity index is 23.1. The van der Waals surface area contributed by atoms with Crippen LogP contribution in [0.1, 0.15) is 0 Å². The first-order valence-corrected chi connectivity index (χ1v) is 2.54. The van der Waals surface area contributed by atoms with Crippen LogP contribution in [-0.4, -0.2) is 8.53 Å². The van der Waals surface area contributed by atoms with Crippen LogP contribution < -0.4 is 0 Å². The van der Waals surface area contributed by atoms with Crippen LogP contribution in [0.25, 0.3) is 0 Å². The van der Waals surface area contributed by atoms with Gasteiger partial charge in [-0.15, -0.1) is 0 Å².